The highest BCUT2D eigenvalue weighted by molar-refractivity contribution is 7.98. The summed E-state index contributed by atoms with van der Waals surface area (Å²) in [6, 6.07) is 12.2. The first-order valence-corrected chi connectivity index (χ1v) is 11.5. The fraction of sp³-hybridized carbons (Fsp3) is 0.261. The van der Waals surface area contributed by atoms with Gasteiger partial charge in [0.05, 0.1) is 6.61 Å². The summed E-state index contributed by atoms with van der Waals surface area (Å²) >= 11 is 7.74. The number of rotatable bonds is 7. The molecule has 32 heavy (non-hydrogen) atoms. The van der Waals surface area contributed by atoms with Gasteiger partial charge >= 0.3 is 0 Å². The summed E-state index contributed by atoms with van der Waals surface area (Å²) in [6.45, 7) is 5.64. The van der Waals surface area contributed by atoms with Crippen LogP contribution in [0, 0.1) is 0 Å². The summed E-state index contributed by atoms with van der Waals surface area (Å²) in [4.78, 5) is 17.2. The largest absolute Gasteiger partial charge is 0.504 e. The van der Waals surface area contributed by atoms with Crippen molar-refractivity contribution >= 4 is 35.1 Å². The molecule has 1 aliphatic rings. The zero-order chi connectivity index (χ0) is 22.8. The molecule has 0 aliphatic carbocycles. The highest BCUT2D eigenvalue weighted by Crippen LogP contribution is 2.39. The van der Waals surface area contributed by atoms with Crippen LogP contribution in [-0.2, 0) is 10.5 Å². The summed E-state index contributed by atoms with van der Waals surface area (Å²) in [5, 5.41) is 19.3. The molecule has 0 radical (unpaired) electrons. The lowest BCUT2D eigenvalue weighted by atomic mass is 9.93. The number of carbonyl (C=O) groups excluding carboxylic acids is 1. The number of halogens is 1. The number of anilines is 1. The van der Waals surface area contributed by atoms with Gasteiger partial charge in [-0.1, -0.05) is 47.6 Å². The van der Waals surface area contributed by atoms with E-state index in [4.69, 9.17) is 21.4 Å². The van der Waals surface area contributed by atoms with Gasteiger partial charge in [0.1, 0.15) is 6.04 Å². The molecule has 1 aliphatic heterocycles. The van der Waals surface area contributed by atoms with Gasteiger partial charge in [0.15, 0.2) is 17.3 Å². The number of ether oxygens (including phenoxy) is 1. The van der Waals surface area contributed by atoms with Crippen LogP contribution in [0.25, 0.3) is 0 Å². The molecule has 166 valence electrons. The molecule has 1 unspecified atom stereocenters. The van der Waals surface area contributed by atoms with E-state index >= 15 is 0 Å². The van der Waals surface area contributed by atoms with E-state index in [-0.39, 0.29) is 11.5 Å². The van der Waals surface area contributed by atoms with Gasteiger partial charge in [0.25, 0.3) is 0 Å². The van der Waals surface area contributed by atoms with Crippen LogP contribution < -0.4 is 10.1 Å². The van der Waals surface area contributed by atoms with Crippen LogP contribution in [0.4, 0.5) is 5.95 Å². The Bertz CT molecular complexity index is 1210. The highest BCUT2D eigenvalue weighted by Gasteiger charge is 2.33. The van der Waals surface area contributed by atoms with E-state index < -0.39 is 6.04 Å². The van der Waals surface area contributed by atoms with Crippen molar-refractivity contribution < 1.29 is 14.6 Å². The van der Waals surface area contributed by atoms with Gasteiger partial charge in [-0.15, -0.1) is 5.10 Å². The van der Waals surface area contributed by atoms with E-state index in [0.29, 0.717) is 39.8 Å². The van der Waals surface area contributed by atoms with Crippen molar-refractivity contribution in [2.24, 2.45) is 0 Å². The number of phenols is 1. The number of phenolic OH excluding ortho intramolecular Hbond substituents is 1. The Hall–Kier alpha value is -2.97. The number of thioether (sulfide) groups is 1. The number of hydrogen-bond donors (Lipinski definition) is 2. The Kier molecular flexibility index (Phi) is 6.43. The number of aromatic hydroxyl groups is 1. The average Bonchev–Trinajstić information content (AvgIpc) is 3.16. The first-order chi connectivity index (χ1) is 15.4. The predicted molar refractivity (Wildman–Crippen MR) is 125 cm³/mol. The number of nitrogens with zero attached hydrogens (tertiary/aromatic N) is 3. The molecule has 0 fully saturated rings. The summed E-state index contributed by atoms with van der Waals surface area (Å²) in [5.74, 6) is 1.50. The van der Waals surface area contributed by atoms with E-state index in [1.54, 1.807) is 22.9 Å². The molecule has 2 N–H and O–H groups in total. The van der Waals surface area contributed by atoms with Crippen LogP contribution in [-0.4, -0.2) is 32.3 Å². The van der Waals surface area contributed by atoms with E-state index in [0.717, 1.165) is 16.8 Å². The minimum Gasteiger partial charge on any atom is -0.504 e. The number of Topliss-reactive ketones (excluding diaryl/α,β-unsaturated/α-hetero) is 1. The van der Waals surface area contributed by atoms with Crippen molar-refractivity contribution in [2.75, 3.05) is 11.9 Å². The molecule has 9 heteroatoms. The molecule has 1 atom stereocenters. The molecule has 0 saturated carbocycles. The average molecular weight is 471 g/mol. The fourth-order valence-electron chi connectivity index (χ4n) is 3.69. The zero-order valence-electron chi connectivity index (χ0n) is 17.9. The summed E-state index contributed by atoms with van der Waals surface area (Å²) < 4.78 is 7.26. The van der Waals surface area contributed by atoms with Crippen molar-refractivity contribution in [2.45, 2.75) is 37.7 Å². The van der Waals surface area contributed by atoms with Gasteiger partial charge in [-0.05, 0) is 50.1 Å². The van der Waals surface area contributed by atoms with E-state index in [1.165, 1.54) is 18.7 Å². The first-order valence-electron chi connectivity index (χ1n) is 10.2. The summed E-state index contributed by atoms with van der Waals surface area (Å²) in [6.07, 6.45) is 0. The smallest absolute Gasteiger partial charge is 0.227 e. The third-order valence-electron chi connectivity index (χ3n) is 5.13. The lowest BCUT2D eigenvalue weighted by Crippen LogP contribution is -2.27. The van der Waals surface area contributed by atoms with Crippen molar-refractivity contribution in [1.82, 2.24) is 14.8 Å². The SMILES string of the molecule is CCOc1cc(C2C(C(C)=O)=C(C)Nc3nc(SCc4ccccc4Cl)nn32)ccc1O. The summed E-state index contributed by atoms with van der Waals surface area (Å²) in [7, 11) is 0. The number of hydrogen-bond acceptors (Lipinski definition) is 7. The van der Waals surface area contributed by atoms with Gasteiger partial charge < -0.3 is 15.2 Å². The van der Waals surface area contributed by atoms with E-state index in [2.05, 4.69) is 10.3 Å². The van der Waals surface area contributed by atoms with Gasteiger partial charge in [0.2, 0.25) is 11.1 Å². The molecule has 0 spiro atoms. The number of carbonyl (C=O) groups is 1. The number of benzene rings is 2. The molecular formula is C23H23ClN4O3S. The minimum atomic E-state index is -0.495. The van der Waals surface area contributed by atoms with Crippen LogP contribution in [0.3, 0.4) is 0 Å². The first kappa shape index (κ1) is 22.2. The molecule has 1 aromatic heterocycles. The van der Waals surface area contributed by atoms with Crippen LogP contribution in [0.1, 0.15) is 37.9 Å². The van der Waals surface area contributed by atoms with Gasteiger partial charge in [-0.25, -0.2) is 4.68 Å². The Morgan fingerprint density at radius 1 is 1.31 bits per heavy atom. The van der Waals surface area contributed by atoms with E-state index in [9.17, 15) is 9.90 Å². The zero-order valence-corrected chi connectivity index (χ0v) is 19.5. The third kappa shape index (κ3) is 4.33. The van der Waals surface area contributed by atoms with Crippen molar-refractivity contribution in [1.29, 1.82) is 0 Å². The number of allylic oxidation sites excluding steroid dienone is 2. The van der Waals surface area contributed by atoms with Crippen molar-refractivity contribution in [3.8, 4) is 11.5 Å². The van der Waals surface area contributed by atoms with Crippen LogP contribution in [0.2, 0.25) is 5.02 Å². The van der Waals surface area contributed by atoms with Crippen molar-refractivity contribution in [3.63, 3.8) is 0 Å². The third-order valence-corrected chi connectivity index (χ3v) is 6.38. The Morgan fingerprint density at radius 2 is 2.09 bits per heavy atom. The predicted octanol–water partition coefficient (Wildman–Crippen LogP) is 5.21. The van der Waals surface area contributed by atoms with Gasteiger partial charge in [0, 0.05) is 22.0 Å². The second kappa shape index (κ2) is 9.26. The maximum Gasteiger partial charge on any atom is 0.227 e. The molecule has 2 heterocycles. The molecule has 0 saturated heterocycles. The highest BCUT2D eigenvalue weighted by atomic mass is 35.5. The number of fused-ring (bicyclic) bond motifs is 1. The lowest BCUT2D eigenvalue weighted by molar-refractivity contribution is -0.114. The summed E-state index contributed by atoms with van der Waals surface area (Å²) in [5.41, 5.74) is 3.07. The Morgan fingerprint density at radius 3 is 2.81 bits per heavy atom. The maximum atomic E-state index is 12.6. The molecule has 4 rings (SSSR count). The van der Waals surface area contributed by atoms with Crippen LogP contribution >= 0.6 is 23.4 Å². The second-order valence-corrected chi connectivity index (χ2v) is 8.67. The van der Waals surface area contributed by atoms with Gasteiger partial charge in [-0.3, -0.25) is 4.79 Å². The standard InChI is InChI=1S/C23H23ClN4O3S/c1-4-31-19-11-15(9-10-18(19)30)21-20(14(3)29)13(2)25-22-26-23(27-28(21)22)32-12-16-7-5-6-8-17(16)24/h5-11,21,30H,4,12H2,1-3H3,(H,25,26,27). The number of ketones is 1. The normalized spacial score (nSPS) is 15.3. The molecular weight excluding hydrogens is 448 g/mol. The molecule has 0 bridgehead atoms. The van der Waals surface area contributed by atoms with Gasteiger partial charge in [-0.2, -0.15) is 4.98 Å². The Balaban J connectivity index is 1.72. The van der Waals surface area contributed by atoms with Crippen LogP contribution in [0.5, 0.6) is 11.5 Å². The molecule has 7 nitrogen and oxygen atoms in total. The number of nitrogens with one attached hydrogen (secondary N) is 1. The Labute approximate surface area is 195 Å². The molecule has 0 amide bonds. The molecule has 2 aromatic carbocycles. The topological polar surface area (TPSA) is 89.3 Å². The van der Waals surface area contributed by atoms with E-state index in [1.807, 2.05) is 38.1 Å². The van der Waals surface area contributed by atoms with Crippen molar-refractivity contribution in [3.05, 3.63) is 69.9 Å². The fourth-order valence-corrected chi connectivity index (χ4v) is 4.80. The number of aromatic nitrogens is 3. The minimum absolute atomic E-state index is 0.0457. The quantitative estimate of drug-likeness (QED) is 0.458. The lowest BCUT2D eigenvalue weighted by Gasteiger charge is -2.28. The molecule has 3 aromatic rings. The monoisotopic (exact) mass is 470 g/mol. The maximum absolute atomic E-state index is 12.6. The second-order valence-electron chi connectivity index (χ2n) is 7.33. The van der Waals surface area contributed by atoms with Crippen LogP contribution in [0.15, 0.2) is 58.9 Å².